The Morgan fingerprint density at radius 2 is 2.04 bits per heavy atom. The van der Waals surface area contributed by atoms with Gasteiger partial charge in [-0.05, 0) is 55.3 Å². The Morgan fingerprint density at radius 1 is 1.21 bits per heavy atom. The fourth-order valence-electron chi connectivity index (χ4n) is 2.94. The average Bonchev–Trinajstić information content (AvgIpc) is 3.09. The smallest absolute Gasteiger partial charge is 0.319 e. The number of hydrogen-bond acceptors (Lipinski definition) is 3. The van der Waals surface area contributed by atoms with Crippen LogP contribution >= 0.6 is 11.3 Å². The number of carbonyl (C=O) groups is 1. The minimum atomic E-state index is -0.343. The van der Waals surface area contributed by atoms with E-state index < -0.39 is 0 Å². The van der Waals surface area contributed by atoms with Gasteiger partial charge in [0.1, 0.15) is 5.82 Å². The SMILES string of the molecule is O=C(NCCc1cccs1)Nc1cc(F)ccc1N1CCCCC1. The van der Waals surface area contributed by atoms with Gasteiger partial charge in [0, 0.05) is 24.5 Å². The second kappa shape index (κ2) is 8.15. The predicted molar refractivity (Wildman–Crippen MR) is 97.5 cm³/mol. The summed E-state index contributed by atoms with van der Waals surface area (Å²) in [5, 5.41) is 7.66. The van der Waals surface area contributed by atoms with Gasteiger partial charge < -0.3 is 15.5 Å². The van der Waals surface area contributed by atoms with Gasteiger partial charge in [-0.3, -0.25) is 0 Å². The third-order valence-corrected chi connectivity index (χ3v) is 5.08. The zero-order chi connectivity index (χ0) is 16.8. The summed E-state index contributed by atoms with van der Waals surface area (Å²) in [6, 6.07) is 8.34. The van der Waals surface area contributed by atoms with Crippen molar-refractivity contribution in [3.8, 4) is 0 Å². The quantitative estimate of drug-likeness (QED) is 0.849. The molecule has 1 aromatic carbocycles. The minimum absolute atomic E-state index is 0.296. The lowest BCUT2D eigenvalue weighted by Gasteiger charge is -2.30. The van der Waals surface area contributed by atoms with Gasteiger partial charge in [-0.2, -0.15) is 0 Å². The standard InChI is InChI=1S/C18H22FN3OS/c19-14-6-7-17(22-10-2-1-3-11-22)16(13-14)21-18(23)20-9-8-15-5-4-12-24-15/h4-7,12-13H,1-3,8-11H2,(H2,20,21,23). The van der Waals surface area contributed by atoms with E-state index in [1.54, 1.807) is 17.4 Å². The number of nitrogens with one attached hydrogen (secondary N) is 2. The molecular weight excluding hydrogens is 325 g/mol. The van der Waals surface area contributed by atoms with Crippen LogP contribution in [-0.4, -0.2) is 25.7 Å². The highest BCUT2D eigenvalue weighted by Gasteiger charge is 2.16. The summed E-state index contributed by atoms with van der Waals surface area (Å²) < 4.78 is 13.6. The van der Waals surface area contributed by atoms with Crippen molar-refractivity contribution in [3.05, 3.63) is 46.4 Å². The van der Waals surface area contributed by atoms with Crippen molar-refractivity contribution < 1.29 is 9.18 Å². The third kappa shape index (κ3) is 4.47. The second-order valence-corrected chi connectivity index (χ2v) is 6.95. The number of urea groups is 1. The Balaban J connectivity index is 1.60. The van der Waals surface area contributed by atoms with E-state index in [9.17, 15) is 9.18 Å². The first-order chi connectivity index (χ1) is 11.7. The maximum absolute atomic E-state index is 13.6. The number of piperidine rings is 1. The molecule has 2 heterocycles. The van der Waals surface area contributed by atoms with Crippen molar-refractivity contribution in [2.75, 3.05) is 29.9 Å². The molecule has 128 valence electrons. The third-order valence-electron chi connectivity index (χ3n) is 4.14. The van der Waals surface area contributed by atoms with Crippen molar-refractivity contribution in [2.45, 2.75) is 25.7 Å². The maximum Gasteiger partial charge on any atom is 0.319 e. The normalized spacial score (nSPS) is 14.5. The molecule has 0 aliphatic carbocycles. The lowest BCUT2D eigenvalue weighted by Crippen LogP contribution is -2.33. The summed E-state index contributed by atoms with van der Waals surface area (Å²) in [6.45, 7) is 2.45. The molecule has 0 saturated carbocycles. The molecule has 1 aromatic heterocycles. The highest BCUT2D eigenvalue weighted by atomic mass is 32.1. The number of carbonyl (C=O) groups excluding carboxylic acids is 1. The molecule has 4 nitrogen and oxygen atoms in total. The van der Waals surface area contributed by atoms with Gasteiger partial charge >= 0.3 is 6.03 Å². The van der Waals surface area contributed by atoms with Crippen LogP contribution < -0.4 is 15.5 Å². The van der Waals surface area contributed by atoms with Crippen molar-refractivity contribution in [3.63, 3.8) is 0 Å². The summed E-state index contributed by atoms with van der Waals surface area (Å²) in [4.78, 5) is 15.6. The fourth-order valence-corrected chi connectivity index (χ4v) is 3.65. The number of benzene rings is 1. The van der Waals surface area contributed by atoms with Crippen LogP contribution in [0.3, 0.4) is 0 Å². The van der Waals surface area contributed by atoms with Gasteiger partial charge in [0.2, 0.25) is 0 Å². The van der Waals surface area contributed by atoms with Crippen LogP contribution in [0.25, 0.3) is 0 Å². The molecular formula is C18H22FN3OS. The second-order valence-electron chi connectivity index (χ2n) is 5.92. The van der Waals surface area contributed by atoms with E-state index in [2.05, 4.69) is 15.5 Å². The zero-order valence-electron chi connectivity index (χ0n) is 13.6. The van der Waals surface area contributed by atoms with Crippen molar-refractivity contribution in [1.29, 1.82) is 0 Å². The molecule has 0 atom stereocenters. The number of nitrogens with zero attached hydrogens (tertiary/aromatic N) is 1. The molecule has 0 radical (unpaired) electrons. The van der Waals surface area contributed by atoms with Crippen molar-refractivity contribution >= 4 is 28.7 Å². The molecule has 3 rings (SSSR count). The summed E-state index contributed by atoms with van der Waals surface area (Å²) in [5.74, 6) is -0.343. The lowest BCUT2D eigenvalue weighted by molar-refractivity contribution is 0.252. The minimum Gasteiger partial charge on any atom is -0.370 e. The Hall–Kier alpha value is -2.08. The van der Waals surface area contributed by atoms with Gasteiger partial charge in [0.15, 0.2) is 0 Å². The molecule has 0 unspecified atom stereocenters. The van der Waals surface area contributed by atoms with Crippen LogP contribution in [-0.2, 0) is 6.42 Å². The zero-order valence-corrected chi connectivity index (χ0v) is 14.4. The molecule has 2 aromatic rings. The molecule has 0 bridgehead atoms. The van der Waals surface area contributed by atoms with E-state index in [-0.39, 0.29) is 11.8 Å². The van der Waals surface area contributed by atoms with Crippen LogP contribution in [0.5, 0.6) is 0 Å². The molecule has 2 N–H and O–H groups in total. The topological polar surface area (TPSA) is 44.4 Å². The van der Waals surface area contributed by atoms with Gasteiger partial charge in [0.05, 0.1) is 11.4 Å². The van der Waals surface area contributed by atoms with E-state index in [1.165, 1.54) is 23.4 Å². The Kier molecular flexibility index (Phi) is 5.69. The van der Waals surface area contributed by atoms with Crippen LogP contribution in [0.2, 0.25) is 0 Å². The van der Waals surface area contributed by atoms with Crippen LogP contribution in [0.15, 0.2) is 35.7 Å². The summed E-state index contributed by atoms with van der Waals surface area (Å²) >= 11 is 1.67. The van der Waals surface area contributed by atoms with E-state index in [1.807, 2.05) is 17.5 Å². The first kappa shape index (κ1) is 16.8. The van der Waals surface area contributed by atoms with E-state index in [0.29, 0.717) is 12.2 Å². The Morgan fingerprint density at radius 3 is 2.79 bits per heavy atom. The Bertz CT molecular complexity index is 669. The Labute approximate surface area is 145 Å². The summed E-state index contributed by atoms with van der Waals surface area (Å²) in [7, 11) is 0. The molecule has 1 aliphatic rings. The lowest BCUT2D eigenvalue weighted by atomic mass is 10.1. The number of rotatable bonds is 5. The van der Waals surface area contributed by atoms with Gasteiger partial charge in [-0.15, -0.1) is 11.3 Å². The largest absolute Gasteiger partial charge is 0.370 e. The van der Waals surface area contributed by atoms with Gasteiger partial charge in [-0.1, -0.05) is 6.07 Å². The molecule has 24 heavy (non-hydrogen) atoms. The molecule has 0 spiro atoms. The van der Waals surface area contributed by atoms with Gasteiger partial charge in [-0.25, -0.2) is 9.18 Å². The number of hydrogen-bond donors (Lipinski definition) is 2. The van der Waals surface area contributed by atoms with Crippen molar-refractivity contribution in [1.82, 2.24) is 5.32 Å². The molecule has 1 fully saturated rings. The number of thiophene rings is 1. The highest BCUT2D eigenvalue weighted by Crippen LogP contribution is 2.29. The number of halogens is 1. The van der Waals surface area contributed by atoms with Crippen LogP contribution in [0.1, 0.15) is 24.1 Å². The van der Waals surface area contributed by atoms with Crippen LogP contribution in [0, 0.1) is 5.82 Å². The van der Waals surface area contributed by atoms with E-state index >= 15 is 0 Å². The first-order valence-corrected chi connectivity index (χ1v) is 9.22. The molecule has 6 heteroatoms. The molecule has 1 saturated heterocycles. The maximum atomic E-state index is 13.6. The molecule has 2 amide bonds. The highest BCUT2D eigenvalue weighted by molar-refractivity contribution is 7.09. The monoisotopic (exact) mass is 347 g/mol. The number of amides is 2. The summed E-state index contributed by atoms with van der Waals surface area (Å²) in [5.41, 5.74) is 1.43. The van der Waals surface area contributed by atoms with Crippen LogP contribution in [0.4, 0.5) is 20.6 Å². The predicted octanol–water partition coefficient (Wildman–Crippen LogP) is 4.24. The van der Waals surface area contributed by atoms with E-state index in [0.717, 1.165) is 38.0 Å². The van der Waals surface area contributed by atoms with Crippen molar-refractivity contribution in [2.24, 2.45) is 0 Å². The van der Waals surface area contributed by atoms with Gasteiger partial charge in [0.25, 0.3) is 0 Å². The fraction of sp³-hybridized carbons (Fsp3) is 0.389. The average molecular weight is 347 g/mol. The first-order valence-electron chi connectivity index (χ1n) is 8.34. The number of anilines is 2. The summed E-state index contributed by atoms with van der Waals surface area (Å²) in [6.07, 6.45) is 4.28. The molecule has 1 aliphatic heterocycles. The van der Waals surface area contributed by atoms with E-state index in [4.69, 9.17) is 0 Å².